The summed E-state index contributed by atoms with van der Waals surface area (Å²) in [5.41, 5.74) is 3.10. The molecule has 98 valence electrons. The monoisotopic (exact) mass is 281 g/mol. The molecule has 0 amide bonds. The molecule has 1 aromatic carbocycles. The topological polar surface area (TPSA) is 83.5 Å². The summed E-state index contributed by atoms with van der Waals surface area (Å²) in [6.45, 7) is 0. The number of alkyl halides is 3. The molecule has 0 unspecified atom stereocenters. The maximum atomic E-state index is 12.6. The van der Waals surface area contributed by atoms with E-state index in [0.29, 0.717) is 12.1 Å². The van der Waals surface area contributed by atoms with Crippen LogP contribution in [0.5, 0.6) is 0 Å². The van der Waals surface area contributed by atoms with E-state index in [1.807, 2.05) is 0 Å². The third-order valence-corrected chi connectivity index (χ3v) is 2.29. The van der Waals surface area contributed by atoms with Gasteiger partial charge in [0.05, 0.1) is 16.3 Å². The van der Waals surface area contributed by atoms with Crippen molar-refractivity contribution in [2.75, 3.05) is 5.73 Å². The van der Waals surface area contributed by atoms with Gasteiger partial charge in [0.25, 0.3) is 0 Å². The number of aliphatic hydroxyl groups excluding tert-OH is 1. The van der Waals surface area contributed by atoms with E-state index in [4.69, 9.17) is 27.5 Å². The van der Waals surface area contributed by atoms with Gasteiger partial charge in [-0.3, -0.25) is 0 Å². The van der Waals surface area contributed by atoms with Gasteiger partial charge in [-0.25, -0.2) is 4.79 Å². The molecule has 1 rings (SSSR count). The first-order valence-electron chi connectivity index (χ1n) is 4.43. The van der Waals surface area contributed by atoms with Crippen molar-refractivity contribution in [1.29, 1.82) is 0 Å². The number of rotatable bonds is 2. The highest BCUT2D eigenvalue weighted by Gasteiger charge is 2.34. The number of hydrogen-bond acceptors (Lipinski definition) is 3. The highest BCUT2D eigenvalue weighted by atomic mass is 35.5. The third-order valence-electron chi connectivity index (χ3n) is 1.98. The van der Waals surface area contributed by atoms with Crippen LogP contribution in [0.1, 0.15) is 11.1 Å². The van der Waals surface area contributed by atoms with Crippen LogP contribution in [0.25, 0.3) is 6.08 Å². The number of aliphatic carboxylic acids is 1. The fourth-order valence-electron chi connectivity index (χ4n) is 1.18. The van der Waals surface area contributed by atoms with E-state index in [1.165, 1.54) is 0 Å². The van der Waals surface area contributed by atoms with Crippen molar-refractivity contribution in [1.82, 2.24) is 0 Å². The van der Waals surface area contributed by atoms with Gasteiger partial charge in [-0.05, 0) is 23.8 Å². The van der Waals surface area contributed by atoms with E-state index in [-0.39, 0.29) is 10.6 Å². The van der Waals surface area contributed by atoms with E-state index < -0.39 is 29.2 Å². The minimum absolute atomic E-state index is 0.221. The maximum Gasteiger partial charge on any atom is 0.418 e. The van der Waals surface area contributed by atoms with Crippen molar-refractivity contribution in [3.63, 3.8) is 0 Å². The summed E-state index contributed by atoms with van der Waals surface area (Å²) in [5.74, 6) is -2.78. The number of nitrogen functional groups attached to an aromatic ring is 1. The molecule has 0 aliphatic rings. The normalized spacial score (nSPS) is 12.6. The lowest BCUT2D eigenvalue weighted by molar-refractivity contribution is -0.137. The number of hydrogen-bond donors (Lipinski definition) is 3. The second-order valence-corrected chi connectivity index (χ2v) is 3.70. The van der Waals surface area contributed by atoms with Gasteiger partial charge < -0.3 is 15.9 Å². The molecule has 0 fully saturated rings. The standard InChI is InChI=1S/C10H7ClF3NO3/c11-6-2-4(3-7(16)9(17)18)1-5(8(6)15)10(12,13)14/h1-3,16H,15H2,(H,17,18)/b7-3+. The number of aliphatic hydroxyl groups is 1. The van der Waals surface area contributed by atoms with E-state index in [0.717, 1.165) is 6.07 Å². The quantitative estimate of drug-likeness (QED) is 0.442. The van der Waals surface area contributed by atoms with Crippen molar-refractivity contribution in [3.05, 3.63) is 34.0 Å². The first kappa shape index (κ1) is 14.2. The van der Waals surface area contributed by atoms with Crippen molar-refractivity contribution in [2.24, 2.45) is 0 Å². The van der Waals surface area contributed by atoms with E-state index in [1.54, 1.807) is 0 Å². The largest absolute Gasteiger partial charge is 0.502 e. The number of nitrogens with two attached hydrogens (primary N) is 1. The van der Waals surface area contributed by atoms with Gasteiger partial charge in [-0.1, -0.05) is 11.6 Å². The van der Waals surface area contributed by atoms with Gasteiger partial charge in [0.1, 0.15) is 0 Å². The maximum absolute atomic E-state index is 12.6. The van der Waals surface area contributed by atoms with E-state index in [2.05, 4.69) is 0 Å². The first-order valence-corrected chi connectivity index (χ1v) is 4.81. The zero-order valence-electron chi connectivity index (χ0n) is 8.62. The smallest absolute Gasteiger partial charge is 0.418 e. The number of carbonyl (C=O) groups is 1. The van der Waals surface area contributed by atoms with E-state index in [9.17, 15) is 18.0 Å². The van der Waals surface area contributed by atoms with Crippen molar-refractivity contribution in [3.8, 4) is 0 Å². The summed E-state index contributed by atoms with van der Waals surface area (Å²) < 4.78 is 37.7. The highest BCUT2D eigenvalue weighted by Crippen LogP contribution is 2.38. The van der Waals surface area contributed by atoms with Crippen LogP contribution in [0.15, 0.2) is 17.9 Å². The van der Waals surface area contributed by atoms with Crippen LogP contribution < -0.4 is 5.73 Å². The third kappa shape index (κ3) is 3.07. The fourth-order valence-corrected chi connectivity index (χ4v) is 1.40. The number of benzene rings is 1. The highest BCUT2D eigenvalue weighted by molar-refractivity contribution is 6.33. The summed E-state index contributed by atoms with van der Waals surface area (Å²) in [4.78, 5) is 10.3. The predicted octanol–water partition coefficient (Wildman–Crippen LogP) is 2.92. The Bertz CT molecular complexity index is 526. The second kappa shape index (κ2) is 4.77. The van der Waals surface area contributed by atoms with Crippen molar-refractivity contribution in [2.45, 2.75) is 6.18 Å². The van der Waals surface area contributed by atoms with Crippen molar-refractivity contribution >= 4 is 29.3 Å². The van der Waals surface area contributed by atoms with Crippen LogP contribution >= 0.6 is 11.6 Å². The molecule has 0 aromatic heterocycles. The van der Waals surface area contributed by atoms with Crippen LogP contribution in [0, 0.1) is 0 Å². The molecule has 0 aliphatic heterocycles. The Morgan fingerprint density at radius 2 is 1.89 bits per heavy atom. The van der Waals surface area contributed by atoms with Gasteiger partial charge in [0.2, 0.25) is 5.76 Å². The average molecular weight is 282 g/mol. The zero-order valence-corrected chi connectivity index (χ0v) is 9.38. The number of carboxylic acids is 1. The summed E-state index contributed by atoms with van der Waals surface area (Å²) in [7, 11) is 0. The molecule has 4 nitrogen and oxygen atoms in total. The predicted molar refractivity (Wildman–Crippen MR) is 59.1 cm³/mol. The van der Waals surface area contributed by atoms with Crippen LogP contribution in [-0.2, 0) is 11.0 Å². The van der Waals surface area contributed by atoms with Gasteiger partial charge >= 0.3 is 12.1 Å². The number of carboxylic acid groups (broad SMARTS) is 1. The molecule has 0 heterocycles. The summed E-state index contributed by atoms with van der Waals surface area (Å²) >= 11 is 5.50. The lowest BCUT2D eigenvalue weighted by Gasteiger charge is -2.12. The summed E-state index contributed by atoms with van der Waals surface area (Å²) in [6, 6.07) is 1.62. The lowest BCUT2D eigenvalue weighted by atomic mass is 10.1. The van der Waals surface area contributed by atoms with E-state index >= 15 is 0 Å². The average Bonchev–Trinajstić information content (AvgIpc) is 2.21. The van der Waals surface area contributed by atoms with Crippen molar-refractivity contribution < 1.29 is 28.2 Å². The van der Waals surface area contributed by atoms with Gasteiger partial charge in [-0.2, -0.15) is 13.2 Å². The zero-order chi connectivity index (χ0) is 14.1. The minimum Gasteiger partial charge on any atom is -0.502 e. The summed E-state index contributed by atoms with van der Waals surface area (Å²) in [5, 5.41) is 17.0. The number of anilines is 1. The Morgan fingerprint density at radius 3 is 2.33 bits per heavy atom. The molecule has 0 saturated carbocycles. The van der Waals surface area contributed by atoms with Crippen LogP contribution in [0.4, 0.5) is 18.9 Å². The second-order valence-electron chi connectivity index (χ2n) is 3.30. The molecular formula is C10H7ClF3NO3. The minimum atomic E-state index is -4.73. The Balaban J connectivity index is 3.38. The van der Waals surface area contributed by atoms with Gasteiger partial charge in [-0.15, -0.1) is 0 Å². The first-order chi connectivity index (χ1) is 8.12. The molecule has 18 heavy (non-hydrogen) atoms. The van der Waals surface area contributed by atoms with Crippen LogP contribution in [-0.4, -0.2) is 16.2 Å². The van der Waals surface area contributed by atoms with Crippen LogP contribution in [0.2, 0.25) is 5.02 Å². The molecule has 4 N–H and O–H groups in total. The van der Waals surface area contributed by atoms with Gasteiger partial charge in [0.15, 0.2) is 0 Å². The Hall–Kier alpha value is -1.89. The molecule has 0 spiro atoms. The molecular weight excluding hydrogens is 275 g/mol. The Kier molecular flexibility index (Phi) is 3.76. The Morgan fingerprint density at radius 1 is 1.33 bits per heavy atom. The lowest BCUT2D eigenvalue weighted by Crippen LogP contribution is -2.10. The summed E-state index contributed by atoms with van der Waals surface area (Å²) in [6.07, 6.45) is -4.08. The molecule has 0 aliphatic carbocycles. The number of halogens is 4. The molecule has 0 saturated heterocycles. The SMILES string of the molecule is Nc1c(Cl)cc(/C=C(/O)C(=O)O)cc1C(F)(F)F. The van der Waals surface area contributed by atoms with Gasteiger partial charge in [0, 0.05) is 0 Å². The van der Waals surface area contributed by atoms with Crippen LogP contribution in [0.3, 0.4) is 0 Å². The molecule has 0 radical (unpaired) electrons. The fraction of sp³-hybridized carbons (Fsp3) is 0.100. The molecule has 8 heteroatoms. The Labute approximate surface area is 104 Å². The molecule has 0 atom stereocenters. The molecule has 1 aromatic rings. The molecule has 0 bridgehead atoms.